The summed E-state index contributed by atoms with van der Waals surface area (Å²) in [5.41, 5.74) is 4.30. The number of carbonyl (C=O) groups excluding carboxylic acids is 1. The third-order valence-corrected chi connectivity index (χ3v) is 5.73. The van der Waals surface area contributed by atoms with Crippen molar-refractivity contribution in [2.24, 2.45) is 0 Å². The smallest absolute Gasteiger partial charge is 0.264 e. The van der Waals surface area contributed by atoms with E-state index >= 15 is 0 Å². The van der Waals surface area contributed by atoms with E-state index in [-0.39, 0.29) is 22.8 Å². The van der Waals surface area contributed by atoms with Gasteiger partial charge in [-0.15, -0.1) is 0 Å². The zero-order chi connectivity index (χ0) is 25.3. The SMILES string of the molecule is C=CC(/C=C/C=C/C1=C(O)N(C)C(=C)N(C)C1=O)=C\C(=C)C(C)(C)c1ccccc1C.CC. The second kappa shape index (κ2) is 11.9. The highest BCUT2D eigenvalue weighted by atomic mass is 16.3. The van der Waals surface area contributed by atoms with Crippen molar-refractivity contribution in [1.29, 1.82) is 0 Å². The fraction of sp³-hybridized carbons (Fsp3) is 0.276. The lowest BCUT2D eigenvalue weighted by atomic mass is 9.76. The fourth-order valence-corrected chi connectivity index (χ4v) is 3.39. The maximum Gasteiger partial charge on any atom is 0.264 e. The molecule has 0 unspecified atom stereocenters. The standard InChI is InChI=1S/C27H32N2O2.C2H6/c1-9-22(18-20(3)27(5,6)24-17-13-10-14-19(24)2)15-11-12-16-23-25(30)28(7)21(4)29(8)26(23)31;1-2/h9-18,30H,1,3-4H2,2,5-8H3;1-2H3/b15-11+,16-12+,22-18+;. The highest BCUT2D eigenvalue weighted by Gasteiger charge is 2.29. The van der Waals surface area contributed by atoms with Gasteiger partial charge in [-0.3, -0.25) is 9.69 Å². The van der Waals surface area contributed by atoms with Crippen LogP contribution in [0.3, 0.4) is 0 Å². The quantitative estimate of drug-likeness (QED) is 0.473. The first-order valence-corrected chi connectivity index (χ1v) is 11.1. The second-order valence-electron chi connectivity index (χ2n) is 8.11. The number of hydrogen-bond acceptors (Lipinski definition) is 3. The summed E-state index contributed by atoms with van der Waals surface area (Å²) in [7, 11) is 3.28. The van der Waals surface area contributed by atoms with Crippen LogP contribution < -0.4 is 0 Å². The van der Waals surface area contributed by atoms with Crippen LogP contribution in [0.25, 0.3) is 0 Å². The van der Waals surface area contributed by atoms with E-state index < -0.39 is 0 Å². The molecule has 0 saturated heterocycles. The molecule has 0 fully saturated rings. The highest BCUT2D eigenvalue weighted by molar-refractivity contribution is 5.98. The van der Waals surface area contributed by atoms with Gasteiger partial charge in [0.1, 0.15) is 11.4 Å². The van der Waals surface area contributed by atoms with Crippen molar-refractivity contribution in [2.75, 3.05) is 14.1 Å². The Balaban J connectivity index is 0.00000265. The molecule has 0 radical (unpaired) electrons. The molecule has 4 nitrogen and oxygen atoms in total. The van der Waals surface area contributed by atoms with E-state index in [0.29, 0.717) is 5.82 Å². The van der Waals surface area contributed by atoms with Gasteiger partial charge in [-0.05, 0) is 35.3 Å². The van der Waals surface area contributed by atoms with Crippen molar-refractivity contribution in [2.45, 2.75) is 40.0 Å². The Kier molecular flexibility index (Phi) is 9.93. The molecular formula is C29H38N2O2. The number of aliphatic hydroxyl groups is 1. The molecule has 33 heavy (non-hydrogen) atoms. The van der Waals surface area contributed by atoms with E-state index in [9.17, 15) is 9.90 Å². The van der Waals surface area contributed by atoms with Crippen molar-refractivity contribution in [1.82, 2.24) is 9.80 Å². The second-order valence-corrected chi connectivity index (χ2v) is 8.11. The van der Waals surface area contributed by atoms with Crippen molar-refractivity contribution < 1.29 is 9.90 Å². The highest BCUT2D eigenvalue weighted by Crippen LogP contribution is 2.34. The van der Waals surface area contributed by atoms with Crippen LogP contribution in [0.4, 0.5) is 0 Å². The van der Waals surface area contributed by atoms with Gasteiger partial charge < -0.3 is 10.0 Å². The average molecular weight is 447 g/mol. The zero-order valence-electron chi connectivity index (χ0n) is 21.1. The Labute approximate surface area is 199 Å². The van der Waals surface area contributed by atoms with Crippen LogP contribution in [0.5, 0.6) is 0 Å². The lowest BCUT2D eigenvalue weighted by molar-refractivity contribution is -0.126. The fourth-order valence-electron chi connectivity index (χ4n) is 3.39. The summed E-state index contributed by atoms with van der Waals surface area (Å²) < 4.78 is 0. The normalized spacial score (nSPS) is 15.3. The number of aryl methyl sites for hydroxylation is 1. The molecule has 2 rings (SSSR count). The monoisotopic (exact) mass is 446 g/mol. The first kappa shape index (κ1) is 27.5. The van der Waals surface area contributed by atoms with Gasteiger partial charge in [-0.2, -0.15) is 0 Å². The van der Waals surface area contributed by atoms with E-state index in [0.717, 1.165) is 11.1 Å². The van der Waals surface area contributed by atoms with Gasteiger partial charge in [0.05, 0.1) is 0 Å². The number of aliphatic hydroxyl groups excluding tert-OH is 1. The Morgan fingerprint density at radius 3 is 2.27 bits per heavy atom. The minimum atomic E-state index is -0.307. The molecule has 1 aliphatic rings. The summed E-state index contributed by atoms with van der Waals surface area (Å²) in [4.78, 5) is 15.3. The van der Waals surface area contributed by atoms with Crippen LogP contribution in [0.2, 0.25) is 0 Å². The van der Waals surface area contributed by atoms with Crippen LogP contribution in [0.1, 0.15) is 38.8 Å². The number of allylic oxidation sites excluding steroid dienone is 7. The van der Waals surface area contributed by atoms with E-state index in [1.807, 2.05) is 38.1 Å². The predicted octanol–water partition coefficient (Wildman–Crippen LogP) is 6.72. The number of nitrogens with zero attached hydrogens (tertiary/aromatic N) is 2. The molecule has 0 atom stereocenters. The number of hydrogen-bond donors (Lipinski definition) is 1. The Bertz CT molecular complexity index is 1040. The zero-order valence-corrected chi connectivity index (χ0v) is 21.1. The van der Waals surface area contributed by atoms with E-state index in [2.05, 4.69) is 52.6 Å². The Morgan fingerprint density at radius 1 is 1.09 bits per heavy atom. The number of amides is 1. The summed E-state index contributed by atoms with van der Waals surface area (Å²) in [5, 5.41) is 10.3. The number of rotatable bonds is 7. The van der Waals surface area contributed by atoms with Crippen molar-refractivity contribution >= 4 is 5.91 Å². The lowest BCUT2D eigenvalue weighted by Gasteiger charge is -2.33. The van der Waals surface area contributed by atoms with E-state index in [4.69, 9.17) is 0 Å². The predicted molar refractivity (Wildman–Crippen MR) is 141 cm³/mol. The largest absolute Gasteiger partial charge is 0.494 e. The van der Waals surface area contributed by atoms with Crippen LogP contribution in [-0.2, 0) is 10.2 Å². The number of carbonyl (C=O) groups is 1. The molecular weight excluding hydrogens is 408 g/mol. The summed E-state index contributed by atoms with van der Waals surface area (Å²) in [6.07, 6.45) is 10.8. The molecule has 1 N–H and O–H groups in total. The molecule has 0 bridgehead atoms. The topological polar surface area (TPSA) is 43.8 Å². The molecule has 1 aromatic rings. The van der Waals surface area contributed by atoms with Gasteiger partial charge in [-0.1, -0.05) is 102 Å². The molecule has 4 heteroatoms. The van der Waals surface area contributed by atoms with Gasteiger partial charge in [0.25, 0.3) is 5.91 Å². The first-order chi connectivity index (χ1) is 15.5. The summed E-state index contributed by atoms with van der Waals surface area (Å²) >= 11 is 0. The third-order valence-electron chi connectivity index (χ3n) is 5.73. The molecule has 0 spiro atoms. The molecule has 0 saturated carbocycles. The van der Waals surface area contributed by atoms with Gasteiger partial charge in [0.15, 0.2) is 0 Å². The van der Waals surface area contributed by atoms with Crippen LogP contribution >= 0.6 is 0 Å². The molecule has 1 amide bonds. The molecule has 1 aromatic carbocycles. The lowest BCUT2D eigenvalue weighted by Crippen LogP contribution is -2.40. The molecule has 1 aliphatic heterocycles. The Hall–Kier alpha value is -3.53. The van der Waals surface area contributed by atoms with Crippen LogP contribution in [0, 0.1) is 6.92 Å². The van der Waals surface area contributed by atoms with Crippen LogP contribution in [0.15, 0.2) is 109 Å². The average Bonchev–Trinajstić information content (AvgIpc) is 2.81. The Morgan fingerprint density at radius 2 is 1.70 bits per heavy atom. The van der Waals surface area contributed by atoms with E-state index in [1.165, 1.54) is 20.9 Å². The van der Waals surface area contributed by atoms with Gasteiger partial charge >= 0.3 is 0 Å². The van der Waals surface area contributed by atoms with Gasteiger partial charge in [0.2, 0.25) is 5.88 Å². The van der Waals surface area contributed by atoms with Crippen molar-refractivity contribution in [3.8, 4) is 0 Å². The summed E-state index contributed by atoms with van der Waals surface area (Å²) in [6.45, 7) is 22.4. The first-order valence-electron chi connectivity index (χ1n) is 11.1. The molecule has 0 aromatic heterocycles. The van der Waals surface area contributed by atoms with Crippen molar-refractivity contribution in [3.05, 3.63) is 120 Å². The van der Waals surface area contributed by atoms with Gasteiger partial charge in [-0.25, -0.2) is 0 Å². The molecule has 1 heterocycles. The summed E-state index contributed by atoms with van der Waals surface area (Å²) in [6, 6.07) is 8.31. The minimum Gasteiger partial charge on any atom is -0.494 e. The van der Waals surface area contributed by atoms with Crippen LogP contribution in [-0.4, -0.2) is 34.9 Å². The number of likely N-dealkylation sites (N-methyl/N-ethyl adjacent to an activating group) is 1. The van der Waals surface area contributed by atoms with E-state index in [1.54, 1.807) is 38.4 Å². The molecule has 176 valence electrons. The maximum absolute atomic E-state index is 12.4. The maximum atomic E-state index is 12.4. The third kappa shape index (κ3) is 6.26. The number of benzene rings is 1. The molecule has 0 aliphatic carbocycles. The van der Waals surface area contributed by atoms with Crippen molar-refractivity contribution in [3.63, 3.8) is 0 Å². The van der Waals surface area contributed by atoms with Gasteiger partial charge in [0, 0.05) is 19.5 Å². The summed E-state index contributed by atoms with van der Waals surface area (Å²) in [5.74, 6) is -0.00876. The minimum absolute atomic E-state index is 0.120.